The Hall–Kier alpha value is -2.56. The van der Waals surface area contributed by atoms with Gasteiger partial charge < -0.3 is 15.1 Å². The summed E-state index contributed by atoms with van der Waals surface area (Å²) < 4.78 is 4.97. The Morgan fingerprint density at radius 3 is 2.45 bits per heavy atom. The van der Waals surface area contributed by atoms with Gasteiger partial charge >= 0.3 is 0 Å². The molecule has 0 saturated heterocycles. The Morgan fingerprint density at radius 1 is 1.14 bits per heavy atom. The molecule has 5 nitrogen and oxygen atoms in total. The number of benzene rings is 1. The van der Waals surface area contributed by atoms with E-state index in [0.29, 0.717) is 5.92 Å². The molecule has 2 amide bonds. The fourth-order valence-electron chi connectivity index (χ4n) is 1.96. The molecule has 2 rings (SSSR count). The van der Waals surface area contributed by atoms with Crippen LogP contribution in [0.4, 0.5) is 5.69 Å². The van der Waals surface area contributed by atoms with Crippen molar-refractivity contribution in [1.29, 1.82) is 0 Å². The van der Waals surface area contributed by atoms with Crippen molar-refractivity contribution in [3.8, 4) is 0 Å². The van der Waals surface area contributed by atoms with Gasteiger partial charge in [-0.2, -0.15) is 0 Å². The maximum Gasteiger partial charge on any atom is 0.286 e. The summed E-state index contributed by atoms with van der Waals surface area (Å²) in [5.74, 6) is 0.238. The lowest BCUT2D eigenvalue weighted by Gasteiger charge is -2.08. The van der Waals surface area contributed by atoms with Crippen molar-refractivity contribution in [1.82, 2.24) is 5.32 Å². The smallest absolute Gasteiger partial charge is 0.286 e. The average Bonchev–Trinajstić information content (AvgIpc) is 3.02. The zero-order chi connectivity index (χ0) is 15.9. The highest BCUT2D eigenvalue weighted by Crippen LogP contribution is 2.17. The summed E-state index contributed by atoms with van der Waals surface area (Å²) in [5, 5.41) is 5.44. The summed E-state index contributed by atoms with van der Waals surface area (Å²) in [6, 6.07) is 11.0. The molecule has 1 aromatic carbocycles. The van der Waals surface area contributed by atoms with E-state index < -0.39 is 0 Å². The Bertz CT molecular complexity index is 616. The molecular formula is C17H20N2O3. The first-order valence-electron chi connectivity index (χ1n) is 7.28. The van der Waals surface area contributed by atoms with Crippen molar-refractivity contribution in [3.05, 3.63) is 54.0 Å². The first kappa shape index (κ1) is 15.8. The molecule has 0 unspecified atom stereocenters. The van der Waals surface area contributed by atoms with Crippen LogP contribution in [0, 0.1) is 0 Å². The van der Waals surface area contributed by atoms with Crippen molar-refractivity contribution in [3.63, 3.8) is 0 Å². The van der Waals surface area contributed by atoms with Crippen molar-refractivity contribution in [2.45, 2.75) is 26.2 Å². The minimum Gasteiger partial charge on any atom is -0.459 e. The quantitative estimate of drug-likeness (QED) is 0.860. The van der Waals surface area contributed by atoms with E-state index in [-0.39, 0.29) is 30.5 Å². The zero-order valence-electron chi connectivity index (χ0n) is 12.8. The van der Waals surface area contributed by atoms with Gasteiger partial charge in [-0.1, -0.05) is 26.0 Å². The first-order chi connectivity index (χ1) is 10.6. The van der Waals surface area contributed by atoms with E-state index in [0.717, 1.165) is 5.69 Å². The molecule has 0 atom stereocenters. The van der Waals surface area contributed by atoms with Crippen LogP contribution in [-0.4, -0.2) is 18.4 Å². The molecule has 0 saturated carbocycles. The molecule has 22 heavy (non-hydrogen) atoms. The number of rotatable bonds is 6. The lowest BCUT2D eigenvalue weighted by atomic mass is 10.0. The SMILES string of the molecule is CC(C)c1ccc(NC(=O)CCNC(=O)c2ccco2)cc1. The van der Waals surface area contributed by atoms with Gasteiger partial charge in [0.05, 0.1) is 6.26 Å². The topological polar surface area (TPSA) is 71.3 Å². The summed E-state index contributed by atoms with van der Waals surface area (Å²) in [6.07, 6.45) is 1.64. The fraction of sp³-hybridized carbons (Fsp3) is 0.294. The van der Waals surface area contributed by atoms with Crippen molar-refractivity contribution in [2.24, 2.45) is 0 Å². The summed E-state index contributed by atoms with van der Waals surface area (Å²) in [5.41, 5.74) is 1.98. The lowest BCUT2D eigenvalue weighted by Crippen LogP contribution is -2.27. The van der Waals surface area contributed by atoms with Crippen molar-refractivity contribution >= 4 is 17.5 Å². The van der Waals surface area contributed by atoms with Gasteiger partial charge in [0, 0.05) is 18.7 Å². The van der Waals surface area contributed by atoms with Gasteiger partial charge in [-0.05, 0) is 35.7 Å². The monoisotopic (exact) mass is 300 g/mol. The number of hydrogen-bond donors (Lipinski definition) is 2. The molecule has 2 aromatic rings. The van der Waals surface area contributed by atoms with Crippen LogP contribution in [0.15, 0.2) is 47.1 Å². The van der Waals surface area contributed by atoms with Crippen LogP contribution < -0.4 is 10.6 Å². The van der Waals surface area contributed by atoms with Crippen LogP contribution in [0.25, 0.3) is 0 Å². The van der Waals surface area contributed by atoms with Crippen LogP contribution in [0.1, 0.15) is 42.3 Å². The molecule has 116 valence electrons. The number of amides is 2. The van der Waals surface area contributed by atoms with Crippen LogP contribution in [0.5, 0.6) is 0 Å². The highest BCUT2D eigenvalue weighted by Gasteiger charge is 2.09. The molecule has 0 aliphatic carbocycles. The lowest BCUT2D eigenvalue weighted by molar-refractivity contribution is -0.116. The third-order valence-corrected chi connectivity index (χ3v) is 3.24. The third-order valence-electron chi connectivity index (χ3n) is 3.24. The van der Waals surface area contributed by atoms with Crippen molar-refractivity contribution < 1.29 is 14.0 Å². The average molecular weight is 300 g/mol. The minimum absolute atomic E-state index is 0.142. The Morgan fingerprint density at radius 2 is 1.86 bits per heavy atom. The molecular weight excluding hydrogens is 280 g/mol. The van der Waals surface area contributed by atoms with E-state index in [2.05, 4.69) is 24.5 Å². The molecule has 0 bridgehead atoms. The first-order valence-corrected chi connectivity index (χ1v) is 7.28. The summed E-state index contributed by atoms with van der Waals surface area (Å²) in [4.78, 5) is 23.4. The fourth-order valence-corrected chi connectivity index (χ4v) is 1.96. The van der Waals surface area contributed by atoms with E-state index in [9.17, 15) is 9.59 Å². The van der Waals surface area contributed by atoms with Crippen LogP contribution in [0.3, 0.4) is 0 Å². The second-order valence-corrected chi connectivity index (χ2v) is 5.31. The molecule has 1 heterocycles. The van der Waals surface area contributed by atoms with Crippen LogP contribution in [-0.2, 0) is 4.79 Å². The Kier molecular flexibility index (Phi) is 5.36. The molecule has 5 heteroatoms. The molecule has 1 aromatic heterocycles. The molecule has 0 radical (unpaired) electrons. The molecule has 0 aliphatic heterocycles. The van der Waals surface area contributed by atoms with Gasteiger partial charge in [0.25, 0.3) is 5.91 Å². The summed E-state index contributed by atoms with van der Waals surface area (Å²) >= 11 is 0. The van der Waals surface area contributed by atoms with Gasteiger partial charge in [0.15, 0.2) is 5.76 Å². The van der Waals surface area contributed by atoms with Gasteiger partial charge in [-0.3, -0.25) is 9.59 Å². The Labute approximate surface area is 129 Å². The van der Waals surface area contributed by atoms with Crippen LogP contribution in [0.2, 0.25) is 0 Å². The van der Waals surface area contributed by atoms with E-state index in [4.69, 9.17) is 4.42 Å². The summed E-state index contributed by atoms with van der Waals surface area (Å²) in [6.45, 7) is 4.50. The third kappa shape index (κ3) is 4.48. The van der Waals surface area contributed by atoms with E-state index >= 15 is 0 Å². The number of carbonyl (C=O) groups is 2. The number of nitrogens with one attached hydrogen (secondary N) is 2. The maximum atomic E-state index is 11.8. The van der Waals surface area contributed by atoms with Gasteiger partial charge in [-0.15, -0.1) is 0 Å². The maximum absolute atomic E-state index is 11.8. The van der Waals surface area contributed by atoms with Gasteiger partial charge in [-0.25, -0.2) is 0 Å². The molecule has 2 N–H and O–H groups in total. The van der Waals surface area contributed by atoms with Crippen LogP contribution >= 0.6 is 0 Å². The number of carbonyl (C=O) groups excluding carboxylic acids is 2. The minimum atomic E-state index is -0.320. The number of anilines is 1. The summed E-state index contributed by atoms with van der Waals surface area (Å²) in [7, 11) is 0. The second-order valence-electron chi connectivity index (χ2n) is 5.31. The predicted molar refractivity (Wildman–Crippen MR) is 84.8 cm³/mol. The standard InChI is InChI=1S/C17H20N2O3/c1-12(2)13-5-7-14(8-6-13)19-16(20)9-10-18-17(21)15-4-3-11-22-15/h3-8,11-12H,9-10H2,1-2H3,(H,18,21)(H,19,20). The number of furan rings is 1. The van der Waals surface area contributed by atoms with E-state index in [1.807, 2.05) is 24.3 Å². The number of hydrogen-bond acceptors (Lipinski definition) is 3. The molecule has 0 fully saturated rings. The Balaban J connectivity index is 1.75. The van der Waals surface area contributed by atoms with Gasteiger partial charge in [0.1, 0.15) is 0 Å². The normalized spacial score (nSPS) is 10.5. The molecule has 0 spiro atoms. The van der Waals surface area contributed by atoms with Crippen molar-refractivity contribution in [2.75, 3.05) is 11.9 Å². The van der Waals surface area contributed by atoms with E-state index in [1.165, 1.54) is 11.8 Å². The predicted octanol–water partition coefficient (Wildman–Crippen LogP) is 3.16. The molecule has 0 aliphatic rings. The zero-order valence-corrected chi connectivity index (χ0v) is 12.8. The highest BCUT2D eigenvalue weighted by molar-refractivity contribution is 5.93. The van der Waals surface area contributed by atoms with E-state index in [1.54, 1.807) is 12.1 Å². The largest absolute Gasteiger partial charge is 0.459 e. The van der Waals surface area contributed by atoms with Gasteiger partial charge in [0.2, 0.25) is 5.91 Å². The highest BCUT2D eigenvalue weighted by atomic mass is 16.3. The second kappa shape index (κ2) is 7.45.